The average molecular weight is 512 g/mol. The number of phosphoric acid groups is 1. The lowest BCUT2D eigenvalue weighted by Gasteiger charge is -2.20. The number of benzene rings is 4. The molecule has 5 aromatic rings. The Morgan fingerprint density at radius 3 is 1.84 bits per heavy atom. The van der Waals surface area contributed by atoms with Crippen molar-refractivity contribution in [2.24, 2.45) is 0 Å². The van der Waals surface area contributed by atoms with Crippen LogP contribution in [-0.4, -0.2) is 0 Å². The maximum atomic E-state index is 13.8. The average Bonchev–Trinajstić information content (AvgIpc) is 2.94. The van der Waals surface area contributed by atoms with Gasteiger partial charge in [0.05, 0.1) is 13.2 Å². The van der Waals surface area contributed by atoms with Crippen molar-refractivity contribution in [3.8, 4) is 16.9 Å². The zero-order valence-corrected chi connectivity index (χ0v) is 21.1. The highest BCUT2D eigenvalue weighted by Gasteiger charge is 2.30. The van der Waals surface area contributed by atoms with Gasteiger partial charge in [-0.15, -0.1) is 0 Å². The van der Waals surface area contributed by atoms with Gasteiger partial charge in [0.1, 0.15) is 11.3 Å². The van der Waals surface area contributed by atoms with E-state index in [9.17, 15) is 9.36 Å². The number of aryl methyl sites for hydroxylation is 1. The summed E-state index contributed by atoms with van der Waals surface area (Å²) in [6, 6.07) is 33.2. The van der Waals surface area contributed by atoms with E-state index in [-0.39, 0.29) is 19.0 Å². The molecule has 0 bridgehead atoms. The molecule has 37 heavy (non-hydrogen) atoms. The molecule has 0 saturated heterocycles. The van der Waals surface area contributed by atoms with Crippen LogP contribution < -0.4 is 10.1 Å². The minimum atomic E-state index is -4.08. The van der Waals surface area contributed by atoms with E-state index >= 15 is 0 Å². The molecule has 0 unspecified atom stereocenters. The highest BCUT2D eigenvalue weighted by molar-refractivity contribution is 7.48. The molecule has 5 rings (SSSR count). The van der Waals surface area contributed by atoms with Crippen molar-refractivity contribution in [3.05, 3.63) is 136 Å². The van der Waals surface area contributed by atoms with E-state index in [1.807, 2.05) is 91.0 Å². The molecule has 0 atom stereocenters. The number of hydrogen-bond acceptors (Lipinski definition) is 6. The number of hydrogen-bond donors (Lipinski definition) is 0. The molecule has 1 heterocycles. The molecule has 6 nitrogen and oxygen atoms in total. The fourth-order valence-electron chi connectivity index (χ4n) is 3.96. The van der Waals surface area contributed by atoms with Gasteiger partial charge in [0, 0.05) is 17.0 Å². The Kier molecular flexibility index (Phi) is 7.33. The smallest absolute Gasteiger partial charge is 0.422 e. The van der Waals surface area contributed by atoms with Crippen LogP contribution in [-0.2, 0) is 26.8 Å². The summed E-state index contributed by atoms with van der Waals surface area (Å²) in [6.45, 7) is 1.81. The van der Waals surface area contributed by atoms with Crippen LogP contribution in [0.15, 0.2) is 118 Å². The fraction of sp³-hybridized carbons (Fsp3) is 0.100. The number of fused-ring (bicyclic) bond motifs is 1. The molecule has 4 aromatic carbocycles. The zero-order chi connectivity index (χ0) is 25.7. The molecule has 1 aromatic heterocycles. The van der Waals surface area contributed by atoms with Gasteiger partial charge in [-0.05, 0) is 41.3 Å². The van der Waals surface area contributed by atoms with Crippen LogP contribution in [0.5, 0.6) is 5.75 Å². The standard InChI is InChI=1S/C30H25O6P/c1-22-28(18-17-26-27(19-29(31)35-30(22)26)25-15-9-4-10-16-25)36-37(32,33-20-23-11-5-2-6-12-23)34-21-24-13-7-3-8-14-24/h2-19H,20-21H2,1H3. The molecule has 0 radical (unpaired) electrons. The van der Waals surface area contributed by atoms with Crippen LogP contribution in [0.25, 0.3) is 22.1 Å². The number of phosphoric ester groups is 1. The molecule has 0 saturated carbocycles. The molecule has 0 aliphatic heterocycles. The number of rotatable bonds is 9. The van der Waals surface area contributed by atoms with Crippen LogP contribution in [0.1, 0.15) is 16.7 Å². The second-order valence-electron chi connectivity index (χ2n) is 8.47. The maximum absolute atomic E-state index is 13.8. The second-order valence-corrected chi connectivity index (χ2v) is 10.1. The van der Waals surface area contributed by atoms with Crippen LogP contribution >= 0.6 is 7.82 Å². The van der Waals surface area contributed by atoms with E-state index < -0.39 is 13.4 Å². The second kappa shape index (κ2) is 11.0. The first-order chi connectivity index (χ1) is 18.0. The predicted octanol–water partition coefficient (Wildman–Crippen LogP) is 7.69. The first kappa shape index (κ1) is 24.7. The van der Waals surface area contributed by atoms with E-state index in [4.69, 9.17) is 18.0 Å². The van der Waals surface area contributed by atoms with Crippen LogP contribution in [0.4, 0.5) is 0 Å². The van der Waals surface area contributed by atoms with Crippen molar-refractivity contribution >= 4 is 18.8 Å². The molecule has 0 amide bonds. The Bertz CT molecular complexity index is 1550. The summed E-state index contributed by atoms with van der Waals surface area (Å²) in [5.41, 5.74) is 3.64. The molecular weight excluding hydrogens is 487 g/mol. The normalized spacial score (nSPS) is 11.5. The summed E-state index contributed by atoms with van der Waals surface area (Å²) in [5.74, 6) is 0.241. The van der Waals surface area contributed by atoms with Gasteiger partial charge in [-0.3, -0.25) is 9.05 Å². The highest BCUT2D eigenvalue weighted by atomic mass is 31.2. The van der Waals surface area contributed by atoms with E-state index in [2.05, 4.69) is 0 Å². The molecule has 0 fully saturated rings. The minimum absolute atomic E-state index is 0.0345. The Hall–Kier alpha value is -3.96. The summed E-state index contributed by atoms with van der Waals surface area (Å²) in [7, 11) is -4.08. The topological polar surface area (TPSA) is 75.0 Å². The zero-order valence-electron chi connectivity index (χ0n) is 20.2. The Morgan fingerprint density at radius 1 is 0.730 bits per heavy atom. The van der Waals surface area contributed by atoms with E-state index in [1.165, 1.54) is 6.07 Å². The van der Waals surface area contributed by atoms with E-state index in [1.54, 1.807) is 19.1 Å². The van der Waals surface area contributed by atoms with Crippen molar-refractivity contribution < 1.29 is 22.6 Å². The fourth-order valence-corrected chi connectivity index (χ4v) is 5.20. The van der Waals surface area contributed by atoms with Gasteiger partial charge in [0.2, 0.25) is 0 Å². The third-order valence-electron chi connectivity index (χ3n) is 5.87. The van der Waals surface area contributed by atoms with Gasteiger partial charge < -0.3 is 8.94 Å². The van der Waals surface area contributed by atoms with Gasteiger partial charge in [-0.1, -0.05) is 91.0 Å². The van der Waals surface area contributed by atoms with Gasteiger partial charge in [0.25, 0.3) is 0 Å². The first-order valence-corrected chi connectivity index (χ1v) is 13.3. The van der Waals surface area contributed by atoms with Crippen molar-refractivity contribution in [1.82, 2.24) is 0 Å². The van der Waals surface area contributed by atoms with Gasteiger partial charge in [-0.2, -0.15) is 0 Å². The Labute approximate surface area is 214 Å². The third kappa shape index (κ3) is 5.89. The SMILES string of the molecule is Cc1c(OP(=O)(OCc2ccccc2)OCc2ccccc2)ccc2c(-c3ccccc3)cc(=O)oc12. The van der Waals surface area contributed by atoms with E-state index in [0.29, 0.717) is 11.1 Å². The largest absolute Gasteiger partial charge is 0.530 e. The molecular formula is C30H25O6P. The van der Waals surface area contributed by atoms with Crippen LogP contribution in [0, 0.1) is 6.92 Å². The molecule has 0 aliphatic rings. The van der Waals surface area contributed by atoms with Crippen LogP contribution in [0.3, 0.4) is 0 Å². The summed E-state index contributed by atoms with van der Waals surface area (Å²) in [4.78, 5) is 12.4. The first-order valence-electron chi connectivity index (χ1n) is 11.8. The third-order valence-corrected chi connectivity index (χ3v) is 7.18. The molecule has 186 valence electrons. The summed E-state index contributed by atoms with van der Waals surface area (Å²) >= 11 is 0. The quantitative estimate of drug-likeness (QED) is 0.149. The van der Waals surface area contributed by atoms with Crippen molar-refractivity contribution in [3.63, 3.8) is 0 Å². The predicted molar refractivity (Wildman–Crippen MR) is 143 cm³/mol. The van der Waals surface area contributed by atoms with E-state index in [0.717, 1.165) is 27.6 Å². The Morgan fingerprint density at radius 2 is 1.27 bits per heavy atom. The van der Waals surface area contributed by atoms with Crippen molar-refractivity contribution in [2.75, 3.05) is 0 Å². The lowest BCUT2D eigenvalue weighted by atomic mass is 10.0. The summed E-state index contributed by atoms with van der Waals surface area (Å²) in [5, 5.41) is 0.737. The van der Waals surface area contributed by atoms with Gasteiger partial charge >= 0.3 is 13.4 Å². The Balaban J connectivity index is 1.49. The van der Waals surface area contributed by atoms with Crippen LogP contribution in [0.2, 0.25) is 0 Å². The molecule has 0 aliphatic carbocycles. The minimum Gasteiger partial charge on any atom is -0.422 e. The van der Waals surface area contributed by atoms with Crippen molar-refractivity contribution in [1.29, 1.82) is 0 Å². The monoisotopic (exact) mass is 512 g/mol. The molecule has 7 heteroatoms. The highest BCUT2D eigenvalue weighted by Crippen LogP contribution is 2.52. The van der Waals surface area contributed by atoms with Gasteiger partial charge in [-0.25, -0.2) is 9.36 Å². The van der Waals surface area contributed by atoms with Crippen molar-refractivity contribution in [2.45, 2.75) is 20.1 Å². The summed E-state index contributed by atoms with van der Waals surface area (Å²) in [6.07, 6.45) is 0. The summed E-state index contributed by atoms with van der Waals surface area (Å²) < 4.78 is 36.8. The lowest BCUT2D eigenvalue weighted by Crippen LogP contribution is -2.05. The molecule has 0 spiro atoms. The molecule has 0 N–H and O–H groups in total. The van der Waals surface area contributed by atoms with Gasteiger partial charge in [0.15, 0.2) is 0 Å². The lowest BCUT2D eigenvalue weighted by molar-refractivity contribution is 0.143. The maximum Gasteiger partial charge on any atom is 0.530 e.